The van der Waals surface area contributed by atoms with Crippen molar-refractivity contribution in [3.05, 3.63) is 89.2 Å². The number of carbonyl (C=O) groups is 4. The molecular formula is C30H37N5O5. The van der Waals surface area contributed by atoms with Crippen LogP contribution in [-0.2, 0) is 28.6 Å². The summed E-state index contributed by atoms with van der Waals surface area (Å²) in [6.45, 7) is 7.96. The van der Waals surface area contributed by atoms with Gasteiger partial charge in [0.05, 0.1) is 11.6 Å². The molecule has 5 N–H and O–H groups in total. The van der Waals surface area contributed by atoms with Crippen LogP contribution in [0.2, 0.25) is 0 Å². The number of nitrogens with one attached hydrogen (secondary N) is 4. The van der Waals surface area contributed by atoms with E-state index in [1.807, 2.05) is 42.5 Å². The first-order valence-electron chi connectivity index (χ1n) is 13.0. The van der Waals surface area contributed by atoms with E-state index in [1.165, 1.54) is 17.6 Å². The summed E-state index contributed by atoms with van der Waals surface area (Å²) in [5.74, 6) is -3.03. The van der Waals surface area contributed by atoms with Crippen molar-refractivity contribution in [1.29, 1.82) is 0 Å². The summed E-state index contributed by atoms with van der Waals surface area (Å²) >= 11 is 0. The maximum atomic E-state index is 12.8. The molecule has 1 aromatic heterocycles. The van der Waals surface area contributed by atoms with Crippen molar-refractivity contribution >= 4 is 29.5 Å². The van der Waals surface area contributed by atoms with Crippen LogP contribution in [-0.4, -0.2) is 46.1 Å². The zero-order chi connectivity index (χ0) is 29.4. The molecule has 10 nitrogen and oxygen atoms in total. The van der Waals surface area contributed by atoms with Gasteiger partial charge < -0.3 is 30.9 Å². The number of anilines is 1. The Bertz CT molecular complexity index is 1340. The summed E-state index contributed by atoms with van der Waals surface area (Å²) < 4.78 is 1.54. The second-order valence-electron chi connectivity index (χ2n) is 10.7. The molecule has 10 heteroatoms. The number of hydrogen-bond acceptors (Lipinski definition) is 4. The van der Waals surface area contributed by atoms with Crippen molar-refractivity contribution in [1.82, 2.24) is 20.5 Å². The molecule has 0 bridgehead atoms. The lowest BCUT2D eigenvalue weighted by Gasteiger charge is -2.21. The van der Waals surface area contributed by atoms with Gasteiger partial charge in [0.1, 0.15) is 11.7 Å². The fourth-order valence-electron chi connectivity index (χ4n) is 4.07. The van der Waals surface area contributed by atoms with Gasteiger partial charge in [-0.05, 0) is 35.1 Å². The highest BCUT2D eigenvalue weighted by molar-refractivity contribution is 5.98. The summed E-state index contributed by atoms with van der Waals surface area (Å²) in [5, 5.41) is 20.4. The average Bonchev–Trinajstić information content (AvgIpc) is 3.27. The van der Waals surface area contributed by atoms with Crippen molar-refractivity contribution in [3.63, 3.8) is 0 Å². The Hall–Kier alpha value is -4.60. The molecule has 0 radical (unpaired) electrons. The minimum Gasteiger partial charge on any atom is -0.481 e. The van der Waals surface area contributed by atoms with E-state index < -0.39 is 35.8 Å². The lowest BCUT2D eigenvalue weighted by molar-refractivity contribution is -0.138. The summed E-state index contributed by atoms with van der Waals surface area (Å²) in [4.78, 5) is 49.7. The van der Waals surface area contributed by atoms with Gasteiger partial charge in [0, 0.05) is 26.3 Å². The summed E-state index contributed by atoms with van der Waals surface area (Å²) in [6.07, 6.45) is 1.59. The molecule has 3 rings (SSSR count). The number of benzene rings is 2. The number of aryl methyl sites for hydroxylation is 1. The monoisotopic (exact) mass is 547 g/mol. The van der Waals surface area contributed by atoms with E-state index in [4.69, 9.17) is 0 Å². The van der Waals surface area contributed by atoms with Gasteiger partial charge in [0.2, 0.25) is 5.91 Å². The molecule has 2 atom stereocenters. The largest absolute Gasteiger partial charge is 0.481 e. The van der Waals surface area contributed by atoms with E-state index in [2.05, 4.69) is 42.0 Å². The van der Waals surface area contributed by atoms with E-state index in [0.29, 0.717) is 17.8 Å². The van der Waals surface area contributed by atoms with E-state index in [0.717, 1.165) is 11.1 Å². The molecule has 4 amide bonds. The molecule has 1 heterocycles. The molecule has 212 valence electrons. The standard InChI is InChI=1S/C30H37N5O5/c1-19(26(36)31-17-24(28(38)39)21-11-13-22(14-12-21)30(2,3)4)33-27(37)25-15-23(18-35(25)5)34-29(40)32-16-20-9-7-6-8-10-20/h6-15,18-19,24H,16-17H2,1-5H3,(H,31,36)(H,33,37)(H,38,39)(H2,32,34,40)/t19-,24?/m1/s1. The van der Waals surface area contributed by atoms with Gasteiger partial charge in [-0.15, -0.1) is 0 Å². The molecule has 3 aromatic rings. The highest BCUT2D eigenvalue weighted by atomic mass is 16.4. The molecule has 0 aliphatic carbocycles. The second kappa shape index (κ2) is 13.0. The third-order valence-electron chi connectivity index (χ3n) is 6.49. The predicted molar refractivity (Wildman–Crippen MR) is 153 cm³/mol. The minimum atomic E-state index is -1.06. The van der Waals surface area contributed by atoms with Crippen molar-refractivity contribution in [2.45, 2.75) is 51.6 Å². The van der Waals surface area contributed by atoms with E-state index in [1.54, 1.807) is 25.4 Å². The van der Waals surface area contributed by atoms with Crippen LogP contribution < -0.4 is 21.3 Å². The van der Waals surface area contributed by atoms with Crippen molar-refractivity contribution in [2.24, 2.45) is 7.05 Å². The van der Waals surface area contributed by atoms with E-state index >= 15 is 0 Å². The predicted octanol–water partition coefficient (Wildman–Crippen LogP) is 3.75. The Morgan fingerprint density at radius 3 is 2.20 bits per heavy atom. The Labute approximate surface area is 234 Å². The number of urea groups is 1. The lowest BCUT2D eigenvalue weighted by Crippen LogP contribution is -2.46. The Balaban J connectivity index is 1.53. The molecule has 2 aromatic carbocycles. The molecule has 40 heavy (non-hydrogen) atoms. The molecule has 0 saturated carbocycles. The number of carboxylic acids is 1. The third kappa shape index (κ3) is 8.20. The number of aromatic nitrogens is 1. The molecule has 0 fully saturated rings. The van der Waals surface area contributed by atoms with Crippen LogP contribution in [0.15, 0.2) is 66.9 Å². The van der Waals surface area contributed by atoms with Gasteiger partial charge >= 0.3 is 12.0 Å². The van der Waals surface area contributed by atoms with Crippen LogP contribution in [0.3, 0.4) is 0 Å². The lowest BCUT2D eigenvalue weighted by atomic mass is 9.85. The molecule has 0 saturated heterocycles. The maximum Gasteiger partial charge on any atom is 0.319 e. The molecule has 1 unspecified atom stereocenters. The van der Waals surface area contributed by atoms with Crippen molar-refractivity contribution < 1.29 is 24.3 Å². The summed E-state index contributed by atoms with van der Waals surface area (Å²) in [5.41, 5.74) is 3.19. The van der Waals surface area contributed by atoms with Crippen molar-refractivity contribution in [2.75, 3.05) is 11.9 Å². The number of rotatable bonds is 10. The van der Waals surface area contributed by atoms with Crippen LogP contribution in [0.1, 0.15) is 60.8 Å². The minimum absolute atomic E-state index is 0.0664. The van der Waals surface area contributed by atoms with Crippen LogP contribution in [0, 0.1) is 0 Å². The van der Waals surface area contributed by atoms with Gasteiger partial charge in [0.25, 0.3) is 5.91 Å². The highest BCUT2D eigenvalue weighted by Gasteiger charge is 2.24. The number of carboxylic acid groups (broad SMARTS) is 1. The van der Waals surface area contributed by atoms with E-state index in [9.17, 15) is 24.3 Å². The average molecular weight is 548 g/mol. The number of carbonyl (C=O) groups excluding carboxylic acids is 3. The number of aliphatic carboxylic acids is 1. The van der Waals surface area contributed by atoms with Gasteiger partial charge in [-0.25, -0.2) is 4.79 Å². The van der Waals surface area contributed by atoms with Gasteiger partial charge in [-0.3, -0.25) is 14.4 Å². The van der Waals surface area contributed by atoms with Crippen LogP contribution in [0.25, 0.3) is 0 Å². The van der Waals surface area contributed by atoms with E-state index in [-0.39, 0.29) is 17.7 Å². The quantitative estimate of drug-likeness (QED) is 0.263. The number of amides is 4. The van der Waals surface area contributed by atoms with Gasteiger partial charge in [-0.2, -0.15) is 0 Å². The van der Waals surface area contributed by atoms with Gasteiger partial charge in [0.15, 0.2) is 0 Å². The zero-order valence-corrected chi connectivity index (χ0v) is 23.4. The molecule has 0 aliphatic heterocycles. The molecule has 0 spiro atoms. The molecular weight excluding hydrogens is 510 g/mol. The fraction of sp³-hybridized carbons (Fsp3) is 0.333. The van der Waals surface area contributed by atoms with Crippen LogP contribution in [0.5, 0.6) is 0 Å². The number of nitrogens with zero attached hydrogens (tertiary/aromatic N) is 1. The molecule has 0 aliphatic rings. The maximum absolute atomic E-state index is 12.8. The summed E-state index contributed by atoms with van der Waals surface area (Å²) in [7, 11) is 1.65. The Morgan fingerprint density at radius 1 is 0.950 bits per heavy atom. The first-order valence-corrected chi connectivity index (χ1v) is 13.0. The first-order chi connectivity index (χ1) is 18.8. The fourth-order valence-corrected chi connectivity index (χ4v) is 4.07. The smallest absolute Gasteiger partial charge is 0.319 e. The SMILES string of the molecule is C[C@@H](NC(=O)c1cc(NC(=O)NCc2ccccc2)cn1C)C(=O)NCC(C(=O)O)c1ccc(C(C)(C)C)cc1. The zero-order valence-electron chi connectivity index (χ0n) is 23.4. The Kier molecular flexibility index (Phi) is 9.71. The van der Waals surface area contributed by atoms with Crippen LogP contribution in [0.4, 0.5) is 10.5 Å². The first kappa shape index (κ1) is 29.9. The van der Waals surface area contributed by atoms with Crippen LogP contribution >= 0.6 is 0 Å². The highest BCUT2D eigenvalue weighted by Crippen LogP contribution is 2.24. The Morgan fingerprint density at radius 2 is 1.60 bits per heavy atom. The van der Waals surface area contributed by atoms with Gasteiger partial charge in [-0.1, -0.05) is 75.4 Å². The summed E-state index contributed by atoms with van der Waals surface area (Å²) in [6, 6.07) is 16.9. The second-order valence-corrected chi connectivity index (χ2v) is 10.7. The topological polar surface area (TPSA) is 142 Å². The number of hydrogen-bond donors (Lipinski definition) is 5. The van der Waals surface area contributed by atoms with Crippen molar-refractivity contribution in [3.8, 4) is 0 Å². The normalized spacial score (nSPS) is 12.6. The third-order valence-corrected chi connectivity index (χ3v) is 6.49.